The van der Waals surface area contributed by atoms with Gasteiger partial charge in [-0.3, -0.25) is 4.90 Å². The lowest BCUT2D eigenvalue weighted by atomic mass is 10.1. The number of likely N-dealkylation sites (tertiary alicyclic amines) is 1. The van der Waals surface area contributed by atoms with Crippen molar-refractivity contribution in [2.75, 3.05) is 39.3 Å². The minimum atomic E-state index is -4.06. The van der Waals surface area contributed by atoms with Crippen LogP contribution in [0.25, 0.3) is 0 Å². The van der Waals surface area contributed by atoms with Gasteiger partial charge in [0.05, 0.1) is 6.54 Å². The number of hydrogen-bond donors (Lipinski definition) is 2. The van der Waals surface area contributed by atoms with Crippen molar-refractivity contribution in [3.63, 3.8) is 0 Å². The first kappa shape index (κ1) is 13.1. The highest BCUT2D eigenvalue weighted by Crippen LogP contribution is 2.22. The predicted octanol–water partition coefficient (Wildman–Crippen LogP) is 0.822. The molecule has 2 heterocycles. The minimum absolute atomic E-state index is 0.373. The molecule has 0 radical (unpaired) electrons. The fourth-order valence-electron chi connectivity index (χ4n) is 2.64. The molecule has 2 saturated heterocycles. The molecular weight excluding hydrogens is 231 g/mol. The van der Waals surface area contributed by atoms with E-state index in [0.717, 1.165) is 32.5 Å². The second kappa shape index (κ2) is 5.54. The largest absolute Gasteiger partial charge is 0.401 e. The monoisotopic (exact) mass is 251 g/mol. The van der Waals surface area contributed by atoms with Gasteiger partial charge in [0.25, 0.3) is 0 Å². The van der Waals surface area contributed by atoms with Gasteiger partial charge in [-0.2, -0.15) is 13.2 Å². The van der Waals surface area contributed by atoms with E-state index in [1.54, 1.807) is 0 Å². The van der Waals surface area contributed by atoms with E-state index in [1.165, 1.54) is 4.90 Å². The van der Waals surface area contributed by atoms with Crippen LogP contribution in [0, 0.1) is 5.92 Å². The Bertz CT molecular complexity index is 239. The highest BCUT2D eigenvalue weighted by atomic mass is 19.4. The van der Waals surface area contributed by atoms with E-state index >= 15 is 0 Å². The van der Waals surface area contributed by atoms with Crippen LogP contribution in [0.2, 0.25) is 0 Å². The number of alkyl halides is 3. The van der Waals surface area contributed by atoms with E-state index in [4.69, 9.17) is 0 Å². The second-order valence-electron chi connectivity index (χ2n) is 5.10. The Morgan fingerprint density at radius 3 is 2.76 bits per heavy atom. The van der Waals surface area contributed by atoms with Gasteiger partial charge >= 0.3 is 6.18 Å². The van der Waals surface area contributed by atoms with Crippen LogP contribution in [0.15, 0.2) is 0 Å². The summed E-state index contributed by atoms with van der Waals surface area (Å²) >= 11 is 0. The summed E-state index contributed by atoms with van der Waals surface area (Å²) in [7, 11) is 0. The molecule has 0 aromatic heterocycles. The van der Waals surface area contributed by atoms with Crippen LogP contribution >= 0.6 is 0 Å². The molecule has 2 aliphatic rings. The molecule has 2 atom stereocenters. The molecule has 0 bridgehead atoms. The molecule has 0 spiro atoms. The molecule has 0 saturated carbocycles. The van der Waals surface area contributed by atoms with Gasteiger partial charge in [-0.05, 0) is 38.4 Å². The van der Waals surface area contributed by atoms with E-state index in [-0.39, 0.29) is 0 Å². The minimum Gasteiger partial charge on any atom is -0.315 e. The molecule has 6 heteroatoms. The first-order valence-electron chi connectivity index (χ1n) is 6.26. The average molecular weight is 251 g/mol. The molecule has 0 aromatic carbocycles. The molecular formula is C11H20F3N3. The maximum Gasteiger partial charge on any atom is 0.401 e. The summed E-state index contributed by atoms with van der Waals surface area (Å²) in [5.41, 5.74) is 0. The summed E-state index contributed by atoms with van der Waals surface area (Å²) in [6.07, 6.45) is -2.06. The first-order chi connectivity index (χ1) is 8.03. The molecule has 2 rings (SSSR count). The van der Waals surface area contributed by atoms with Gasteiger partial charge < -0.3 is 10.6 Å². The second-order valence-corrected chi connectivity index (χ2v) is 5.10. The van der Waals surface area contributed by atoms with Gasteiger partial charge in [-0.15, -0.1) is 0 Å². The Hall–Kier alpha value is -0.330. The van der Waals surface area contributed by atoms with Crippen molar-refractivity contribution in [1.29, 1.82) is 0 Å². The quantitative estimate of drug-likeness (QED) is 0.774. The van der Waals surface area contributed by atoms with Gasteiger partial charge in [0, 0.05) is 19.1 Å². The molecule has 0 aliphatic carbocycles. The maximum atomic E-state index is 12.2. The molecule has 0 aromatic rings. The fraction of sp³-hybridized carbons (Fsp3) is 1.00. The summed E-state index contributed by atoms with van der Waals surface area (Å²) in [6.45, 7) is 3.28. The summed E-state index contributed by atoms with van der Waals surface area (Å²) < 4.78 is 36.6. The highest BCUT2D eigenvalue weighted by Gasteiger charge is 2.34. The summed E-state index contributed by atoms with van der Waals surface area (Å²) in [6, 6.07) is 0.506. The molecule has 2 fully saturated rings. The fourth-order valence-corrected chi connectivity index (χ4v) is 2.64. The molecule has 2 unspecified atom stereocenters. The number of nitrogens with one attached hydrogen (secondary N) is 2. The molecule has 0 amide bonds. The zero-order valence-electron chi connectivity index (χ0n) is 9.89. The maximum absolute atomic E-state index is 12.2. The van der Waals surface area contributed by atoms with Gasteiger partial charge in [0.15, 0.2) is 0 Å². The van der Waals surface area contributed by atoms with Crippen molar-refractivity contribution in [2.45, 2.75) is 25.1 Å². The molecule has 2 aliphatic heterocycles. The Morgan fingerprint density at radius 2 is 2.12 bits per heavy atom. The van der Waals surface area contributed by atoms with E-state index in [1.807, 2.05) is 0 Å². The van der Waals surface area contributed by atoms with Crippen LogP contribution in [0.4, 0.5) is 13.2 Å². The Kier molecular flexibility index (Phi) is 4.27. The smallest absolute Gasteiger partial charge is 0.315 e. The van der Waals surface area contributed by atoms with E-state index in [9.17, 15) is 13.2 Å². The first-order valence-corrected chi connectivity index (χ1v) is 6.26. The van der Waals surface area contributed by atoms with Gasteiger partial charge in [0.1, 0.15) is 0 Å². The number of nitrogens with zero attached hydrogens (tertiary/aromatic N) is 1. The normalized spacial score (nSPS) is 31.2. The molecule has 3 nitrogen and oxygen atoms in total. The van der Waals surface area contributed by atoms with E-state index in [0.29, 0.717) is 25.0 Å². The highest BCUT2D eigenvalue weighted by molar-refractivity contribution is 4.82. The van der Waals surface area contributed by atoms with Crippen LogP contribution in [-0.4, -0.2) is 56.4 Å². The van der Waals surface area contributed by atoms with Crippen molar-refractivity contribution in [2.24, 2.45) is 5.92 Å². The Morgan fingerprint density at radius 1 is 1.29 bits per heavy atom. The van der Waals surface area contributed by atoms with E-state index < -0.39 is 12.7 Å². The third kappa shape index (κ3) is 4.44. The third-order valence-electron chi connectivity index (χ3n) is 3.53. The van der Waals surface area contributed by atoms with Crippen LogP contribution in [-0.2, 0) is 0 Å². The van der Waals surface area contributed by atoms with Crippen molar-refractivity contribution >= 4 is 0 Å². The Balaban J connectivity index is 1.63. The molecule has 17 heavy (non-hydrogen) atoms. The topological polar surface area (TPSA) is 27.3 Å². The van der Waals surface area contributed by atoms with Crippen molar-refractivity contribution in [1.82, 2.24) is 15.5 Å². The van der Waals surface area contributed by atoms with Gasteiger partial charge in [0.2, 0.25) is 0 Å². The lowest BCUT2D eigenvalue weighted by Gasteiger charge is -2.19. The SMILES string of the molecule is FC(F)(F)CN1CCC(CNC2CCNC2)C1. The van der Waals surface area contributed by atoms with Crippen LogP contribution < -0.4 is 10.6 Å². The zero-order chi connectivity index (χ0) is 12.3. The third-order valence-corrected chi connectivity index (χ3v) is 3.53. The van der Waals surface area contributed by atoms with Crippen molar-refractivity contribution in [3.05, 3.63) is 0 Å². The van der Waals surface area contributed by atoms with Crippen molar-refractivity contribution in [3.8, 4) is 0 Å². The van der Waals surface area contributed by atoms with Crippen LogP contribution in [0.1, 0.15) is 12.8 Å². The predicted molar refractivity (Wildman–Crippen MR) is 59.9 cm³/mol. The number of rotatable bonds is 4. The Labute approximate surface area is 99.7 Å². The number of halogens is 3. The summed E-state index contributed by atoms with van der Waals surface area (Å²) in [5.74, 6) is 0.373. The van der Waals surface area contributed by atoms with Crippen LogP contribution in [0.3, 0.4) is 0 Å². The van der Waals surface area contributed by atoms with E-state index in [2.05, 4.69) is 10.6 Å². The summed E-state index contributed by atoms with van der Waals surface area (Å²) in [4.78, 5) is 1.51. The van der Waals surface area contributed by atoms with Gasteiger partial charge in [-0.1, -0.05) is 0 Å². The molecule has 2 N–H and O–H groups in total. The standard InChI is InChI=1S/C11H20F3N3/c12-11(13,14)8-17-4-2-9(7-17)5-16-10-1-3-15-6-10/h9-10,15-16H,1-8H2. The van der Waals surface area contributed by atoms with Gasteiger partial charge in [-0.25, -0.2) is 0 Å². The zero-order valence-corrected chi connectivity index (χ0v) is 9.89. The van der Waals surface area contributed by atoms with Crippen LogP contribution in [0.5, 0.6) is 0 Å². The lowest BCUT2D eigenvalue weighted by Crippen LogP contribution is -2.37. The number of hydrogen-bond acceptors (Lipinski definition) is 3. The van der Waals surface area contributed by atoms with Crippen molar-refractivity contribution < 1.29 is 13.2 Å². The lowest BCUT2D eigenvalue weighted by molar-refractivity contribution is -0.143. The molecule has 100 valence electrons. The average Bonchev–Trinajstić information content (AvgIpc) is 2.82. The summed E-state index contributed by atoms with van der Waals surface area (Å²) in [5, 5.41) is 6.70.